The van der Waals surface area contributed by atoms with Gasteiger partial charge in [0.25, 0.3) is 0 Å². The molecule has 0 saturated heterocycles. The van der Waals surface area contributed by atoms with E-state index in [0.29, 0.717) is 11.5 Å². The Morgan fingerprint density at radius 1 is 1.31 bits per heavy atom. The molecule has 0 radical (unpaired) electrons. The van der Waals surface area contributed by atoms with Crippen molar-refractivity contribution in [1.29, 1.82) is 0 Å². The normalized spacial score (nSPS) is 9.00. The van der Waals surface area contributed by atoms with Gasteiger partial charge in [0.05, 0.1) is 5.39 Å². The minimum atomic E-state index is 0. The molecule has 2 heterocycles. The molecule has 0 aliphatic carbocycles. The molecular formula is C6H9Cl2N5. The number of hydrogen-bond acceptors (Lipinski definition) is 4. The molecule has 3 N–H and O–H groups in total. The van der Waals surface area contributed by atoms with Gasteiger partial charge >= 0.3 is 0 Å². The monoisotopic (exact) mass is 221 g/mol. The number of hydrogen-bond donors (Lipinski definition) is 2. The van der Waals surface area contributed by atoms with Crippen molar-refractivity contribution < 1.29 is 0 Å². The molecule has 2 rings (SSSR count). The van der Waals surface area contributed by atoms with Crippen LogP contribution in [0, 0.1) is 6.92 Å². The van der Waals surface area contributed by atoms with Crippen molar-refractivity contribution in [3.63, 3.8) is 0 Å². The summed E-state index contributed by atoms with van der Waals surface area (Å²) in [7, 11) is 0. The number of fused-ring (bicyclic) bond motifs is 1. The lowest BCUT2D eigenvalue weighted by Gasteiger charge is -1.91. The van der Waals surface area contributed by atoms with E-state index in [0.717, 1.165) is 11.1 Å². The number of anilines is 1. The summed E-state index contributed by atoms with van der Waals surface area (Å²) in [6.45, 7) is 1.88. The summed E-state index contributed by atoms with van der Waals surface area (Å²) in [5.41, 5.74) is 7.11. The average molecular weight is 222 g/mol. The molecular weight excluding hydrogens is 213 g/mol. The Bertz CT molecular complexity index is 399. The number of aryl methyl sites for hydroxylation is 1. The Morgan fingerprint density at radius 2 is 2.00 bits per heavy atom. The highest BCUT2D eigenvalue weighted by Crippen LogP contribution is 2.16. The fourth-order valence-corrected chi connectivity index (χ4v) is 1.03. The van der Waals surface area contributed by atoms with Gasteiger partial charge in [-0.05, 0) is 6.92 Å². The Morgan fingerprint density at radius 3 is 2.62 bits per heavy atom. The summed E-state index contributed by atoms with van der Waals surface area (Å²) < 4.78 is 0. The first-order valence-corrected chi connectivity index (χ1v) is 3.20. The maximum atomic E-state index is 5.59. The third-order valence-electron chi connectivity index (χ3n) is 1.56. The van der Waals surface area contributed by atoms with E-state index in [1.54, 1.807) is 0 Å². The summed E-state index contributed by atoms with van der Waals surface area (Å²) in [6, 6.07) is 0. The van der Waals surface area contributed by atoms with Crippen molar-refractivity contribution in [3.8, 4) is 0 Å². The molecule has 2 aromatic heterocycles. The highest BCUT2D eigenvalue weighted by atomic mass is 35.5. The number of nitrogens with zero attached hydrogens (tertiary/aromatic N) is 3. The molecule has 13 heavy (non-hydrogen) atoms. The zero-order valence-corrected chi connectivity index (χ0v) is 8.45. The number of aromatic amines is 1. The number of H-pyrrole nitrogens is 1. The molecule has 0 aromatic carbocycles. The van der Waals surface area contributed by atoms with Gasteiger partial charge in [-0.1, -0.05) is 0 Å². The predicted molar refractivity (Wildman–Crippen MR) is 55.3 cm³/mol. The van der Waals surface area contributed by atoms with Crippen LogP contribution in [0.25, 0.3) is 11.0 Å². The molecule has 5 nitrogen and oxygen atoms in total. The van der Waals surface area contributed by atoms with Crippen LogP contribution in [0.4, 0.5) is 5.82 Å². The molecule has 0 aliphatic heterocycles. The van der Waals surface area contributed by atoms with Crippen LogP contribution < -0.4 is 5.73 Å². The van der Waals surface area contributed by atoms with Gasteiger partial charge in [-0.3, -0.25) is 5.10 Å². The summed E-state index contributed by atoms with van der Waals surface area (Å²) in [4.78, 5) is 7.78. The molecule has 7 heteroatoms. The first-order valence-electron chi connectivity index (χ1n) is 3.20. The molecule has 0 unspecified atom stereocenters. The number of halogens is 2. The van der Waals surface area contributed by atoms with E-state index in [2.05, 4.69) is 20.2 Å². The first kappa shape index (κ1) is 11.9. The van der Waals surface area contributed by atoms with E-state index >= 15 is 0 Å². The lowest BCUT2D eigenvalue weighted by Crippen LogP contribution is -1.91. The first-order chi connectivity index (χ1) is 5.29. The van der Waals surface area contributed by atoms with Gasteiger partial charge in [-0.25, -0.2) is 9.97 Å². The summed E-state index contributed by atoms with van der Waals surface area (Å²) >= 11 is 0. The van der Waals surface area contributed by atoms with Gasteiger partial charge in [0.15, 0.2) is 5.65 Å². The highest BCUT2D eigenvalue weighted by molar-refractivity contribution is 5.87. The zero-order valence-electron chi connectivity index (χ0n) is 6.81. The van der Waals surface area contributed by atoms with Crippen molar-refractivity contribution >= 4 is 41.7 Å². The van der Waals surface area contributed by atoms with Crippen molar-refractivity contribution in [3.05, 3.63) is 12.0 Å². The number of nitrogens with two attached hydrogens (primary N) is 1. The third kappa shape index (κ3) is 1.81. The van der Waals surface area contributed by atoms with Crippen LogP contribution in [0.1, 0.15) is 5.69 Å². The molecule has 0 saturated carbocycles. The van der Waals surface area contributed by atoms with Gasteiger partial charge in [0, 0.05) is 5.69 Å². The van der Waals surface area contributed by atoms with E-state index in [9.17, 15) is 0 Å². The molecule has 0 amide bonds. The van der Waals surface area contributed by atoms with Crippen LogP contribution in [-0.4, -0.2) is 20.2 Å². The predicted octanol–water partition coefficient (Wildman–Crippen LogP) is 1.09. The van der Waals surface area contributed by atoms with Gasteiger partial charge in [-0.2, -0.15) is 5.10 Å². The Labute approximate surface area is 87.0 Å². The molecule has 2 aromatic rings. The van der Waals surface area contributed by atoms with Crippen molar-refractivity contribution in [2.75, 3.05) is 5.73 Å². The number of nitrogen functional groups attached to an aromatic ring is 1. The average Bonchev–Trinajstić information content (AvgIpc) is 2.34. The van der Waals surface area contributed by atoms with E-state index in [4.69, 9.17) is 5.73 Å². The van der Waals surface area contributed by atoms with Gasteiger partial charge < -0.3 is 5.73 Å². The van der Waals surface area contributed by atoms with Crippen LogP contribution in [0.15, 0.2) is 6.33 Å². The zero-order chi connectivity index (χ0) is 7.84. The van der Waals surface area contributed by atoms with Crippen molar-refractivity contribution in [2.45, 2.75) is 6.92 Å². The highest BCUT2D eigenvalue weighted by Gasteiger charge is 2.05. The van der Waals surface area contributed by atoms with E-state index in [1.807, 2.05) is 6.92 Å². The molecule has 0 fully saturated rings. The van der Waals surface area contributed by atoms with E-state index in [-0.39, 0.29) is 24.8 Å². The Balaban J connectivity index is 0.000000720. The molecule has 72 valence electrons. The molecule has 0 aliphatic rings. The van der Waals surface area contributed by atoms with E-state index < -0.39 is 0 Å². The van der Waals surface area contributed by atoms with Gasteiger partial charge in [0.2, 0.25) is 0 Å². The molecule has 0 atom stereocenters. The summed E-state index contributed by atoms with van der Waals surface area (Å²) in [6.07, 6.45) is 1.40. The smallest absolute Gasteiger partial charge is 0.186 e. The second-order valence-electron chi connectivity index (χ2n) is 2.31. The van der Waals surface area contributed by atoms with Crippen LogP contribution >= 0.6 is 24.8 Å². The minimum absolute atomic E-state index is 0. The topological polar surface area (TPSA) is 80.5 Å². The lowest BCUT2D eigenvalue weighted by molar-refractivity contribution is 1.05. The van der Waals surface area contributed by atoms with Gasteiger partial charge in [0.1, 0.15) is 12.1 Å². The minimum Gasteiger partial charge on any atom is -0.383 e. The maximum Gasteiger partial charge on any atom is 0.186 e. The second kappa shape index (κ2) is 4.25. The Hall–Kier alpha value is -1.07. The summed E-state index contributed by atoms with van der Waals surface area (Å²) in [5.74, 6) is 0.473. The number of nitrogens with one attached hydrogen (secondary N) is 1. The summed E-state index contributed by atoms with van der Waals surface area (Å²) in [5, 5.41) is 7.52. The number of rotatable bonds is 0. The largest absolute Gasteiger partial charge is 0.383 e. The van der Waals surface area contributed by atoms with Gasteiger partial charge in [-0.15, -0.1) is 24.8 Å². The van der Waals surface area contributed by atoms with Crippen LogP contribution in [-0.2, 0) is 0 Å². The van der Waals surface area contributed by atoms with E-state index in [1.165, 1.54) is 6.33 Å². The van der Waals surface area contributed by atoms with Crippen molar-refractivity contribution in [1.82, 2.24) is 20.2 Å². The number of aromatic nitrogens is 4. The van der Waals surface area contributed by atoms with Crippen LogP contribution in [0.2, 0.25) is 0 Å². The fourth-order valence-electron chi connectivity index (χ4n) is 1.03. The third-order valence-corrected chi connectivity index (χ3v) is 1.56. The molecule has 0 spiro atoms. The SMILES string of the molecule is Cc1[nH]nc2ncnc(N)c12.Cl.Cl. The Kier molecular flexibility index (Phi) is 3.90. The quantitative estimate of drug-likeness (QED) is 0.698. The fraction of sp³-hybridized carbons (Fsp3) is 0.167. The standard InChI is InChI=1S/C6H7N5.2ClH/c1-3-4-5(7)8-2-9-6(4)11-10-3;;/h2H,1H3,(H3,7,8,9,10,11);2*1H. The van der Waals surface area contributed by atoms with Crippen molar-refractivity contribution in [2.24, 2.45) is 0 Å². The lowest BCUT2D eigenvalue weighted by atomic mass is 10.3. The van der Waals surface area contributed by atoms with Crippen LogP contribution in [0.5, 0.6) is 0 Å². The second-order valence-corrected chi connectivity index (χ2v) is 2.31. The van der Waals surface area contributed by atoms with Crippen LogP contribution in [0.3, 0.4) is 0 Å². The molecule has 0 bridgehead atoms. The maximum absolute atomic E-state index is 5.59.